The molecule has 2 rings (SSSR count). The van der Waals surface area contributed by atoms with E-state index in [1.165, 1.54) is 14.2 Å². The van der Waals surface area contributed by atoms with E-state index in [2.05, 4.69) is 26.1 Å². The van der Waals surface area contributed by atoms with Gasteiger partial charge >= 0.3 is 0 Å². The summed E-state index contributed by atoms with van der Waals surface area (Å²) in [5, 5.41) is 3.31. The molecule has 1 saturated heterocycles. The van der Waals surface area contributed by atoms with Crippen molar-refractivity contribution in [1.82, 2.24) is 10.2 Å². The summed E-state index contributed by atoms with van der Waals surface area (Å²) in [6, 6.07) is 1.76. The summed E-state index contributed by atoms with van der Waals surface area (Å²) in [6.07, 6.45) is 0.646. The van der Waals surface area contributed by atoms with Crippen LogP contribution in [-0.4, -0.2) is 51.8 Å². The zero-order valence-electron chi connectivity index (χ0n) is 11.8. The van der Waals surface area contributed by atoms with E-state index in [0.29, 0.717) is 17.7 Å². The molecule has 1 aliphatic heterocycles. The largest absolute Gasteiger partial charge is 0.493 e. The molecule has 0 atom stereocenters. The third-order valence-corrected chi connectivity index (χ3v) is 4.25. The normalized spacial score (nSPS) is 16.2. The van der Waals surface area contributed by atoms with Crippen LogP contribution in [0.5, 0.6) is 11.5 Å². The van der Waals surface area contributed by atoms with E-state index in [1.807, 2.05) is 0 Å². The van der Waals surface area contributed by atoms with Crippen LogP contribution in [0.3, 0.4) is 0 Å². The number of nitrogens with one attached hydrogen (secondary N) is 1. The topological polar surface area (TPSA) is 33.7 Å². The van der Waals surface area contributed by atoms with Crippen molar-refractivity contribution < 1.29 is 13.9 Å². The van der Waals surface area contributed by atoms with Gasteiger partial charge in [-0.1, -0.05) is 15.9 Å². The van der Waals surface area contributed by atoms with Gasteiger partial charge in [-0.05, 0) is 12.5 Å². The molecule has 1 aliphatic rings. The highest BCUT2D eigenvalue weighted by molar-refractivity contribution is 9.10. The smallest absolute Gasteiger partial charge is 0.197 e. The van der Waals surface area contributed by atoms with Gasteiger partial charge in [-0.2, -0.15) is 0 Å². The van der Waals surface area contributed by atoms with E-state index >= 15 is 0 Å². The molecule has 1 aromatic rings. The molecule has 0 radical (unpaired) electrons. The van der Waals surface area contributed by atoms with Crippen molar-refractivity contribution in [2.24, 2.45) is 0 Å². The predicted molar refractivity (Wildman–Crippen MR) is 80.2 cm³/mol. The van der Waals surface area contributed by atoms with E-state index in [-0.39, 0.29) is 11.6 Å². The van der Waals surface area contributed by atoms with Gasteiger partial charge in [0.1, 0.15) is 0 Å². The van der Waals surface area contributed by atoms with Crippen molar-refractivity contribution in [2.45, 2.75) is 6.42 Å². The highest BCUT2D eigenvalue weighted by Crippen LogP contribution is 2.37. The van der Waals surface area contributed by atoms with Gasteiger partial charge in [0.2, 0.25) is 0 Å². The second-order valence-corrected chi connectivity index (χ2v) is 5.58. The van der Waals surface area contributed by atoms with Crippen molar-refractivity contribution >= 4 is 15.9 Å². The zero-order chi connectivity index (χ0) is 14.5. The Morgan fingerprint density at radius 1 is 1.30 bits per heavy atom. The van der Waals surface area contributed by atoms with Crippen LogP contribution in [0.25, 0.3) is 0 Å². The fourth-order valence-corrected chi connectivity index (χ4v) is 2.97. The second kappa shape index (κ2) is 7.24. The highest BCUT2D eigenvalue weighted by Gasteiger charge is 2.19. The van der Waals surface area contributed by atoms with Crippen molar-refractivity contribution in [3.05, 3.63) is 21.9 Å². The van der Waals surface area contributed by atoms with Crippen LogP contribution in [0.2, 0.25) is 0 Å². The first-order valence-corrected chi connectivity index (χ1v) is 7.48. The number of halogens is 2. The monoisotopic (exact) mass is 346 g/mol. The molecule has 4 nitrogen and oxygen atoms in total. The molecule has 112 valence electrons. The minimum absolute atomic E-state index is 0.172. The summed E-state index contributed by atoms with van der Waals surface area (Å²) in [7, 11) is 2.96. The lowest BCUT2D eigenvalue weighted by atomic mass is 10.1. The Balaban J connectivity index is 2.14. The number of rotatable bonds is 5. The van der Waals surface area contributed by atoms with Gasteiger partial charge < -0.3 is 19.7 Å². The molecule has 0 unspecified atom stereocenters. The number of hydrogen-bond donors (Lipinski definition) is 1. The van der Waals surface area contributed by atoms with Crippen LogP contribution in [0.4, 0.5) is 4.39 Å². The van der Waals surface area contributed by atoms with Gasteiger partial charge in [-0.3, -0.25) is 0 Å². The molecule has 6 heteroatoms. The standard InChI is InChI=1S/C14H20BrFN2O2/c1-19-12-9-11(15)10(13(16)14(12)20-2)3-6-18-7-4-17-5-8-18/h9,17H,3-8H2,1-2H3. The summed E-state index contributed by atoms with van der Waals surface area (Å²) in [5.74, 6) is 0.239. The third-order valence-electron chi connectivity index (χ3n) is 3.55. The minimum Gasteiger partial charge on any atom is -0.493 e. The van der Waals surface area contributed by atoms with E-state index in [1.54, 1.807) is 6.07 Å². The second-order valence-electron chi connectivity index (χ2n) is 4.73. The first kappa shape index (κ1) is 15.5. The molecule has 0 aliphatic carbocycles. The molecule has 0 amide bonds. The van der Waals surface area contributed by atoms with Crippen LogP contribution >= 0.6 is 15.9 Å². The van der Waals surface area contributed by atoms with Crippen LogP contribution in [0.15, 0.2) is 10.5 Å². The molecular formula is C14H20BrFN2O2. The number of piperazine rings is 1. The maximum Gasteiger partial charge on any atom is 0.197 e. The van der Waals surface area contributed by atoms with E-state index in [9.17, 15) is 4.39 Å². The van der Waals surface area contributed by atoms with Crippen molar-refractivity contribution in [3.63, 3.8) is 0 Å². The minimum atomic E-state index is -0.339. The van der Waals surface area contributed by atoms with Crippen molar-refractivity contribution in [3.8, 4) is 11.5 Å². The van der Waals surface area contributed by atoms with Gasteiger partial charge in [-0.15, -0.1) is 0 Å². The van der Waals surface area contributed by atoms with Gasteiger partial charge in [0.25, 0.3) is 0 Å². The number of ether oxygens (including phenoxy) is 2. The SMILES string of the molecule is COc1cc(Br)c(CCN2CCNCC2)c(F)c1OC. The van der Waals surface area contributed by atoms with E-state index < -0.39 is 0 Å². The first-order chi connectivity index (χ1) is 9.67. The highest BCUT2D eigenvalue weighted by atomic mass is 79.9. The van der Waals surface area contributed by atoms with E-state index in [4.69, 9.17) is 9.47 Å². The average molecular weight is 347 g/mol. The fraction of sp³-hybridized carbons (Fsp3) is 0.571. The van der Waals surface area contributed by atoms with Crippen molar-refractivity contribution in [2.75, 3.05) is 46.9 Å². The van der Waals surface area contributed by atoms with E-state index in [0.717, 1.165) is 37.2 Å². The van der Waals surface area contributed by atoms with Gasteiger partial charge in [0, 0.05) is 42.8 Å². The lowest BCUT2D eigenvalue weighted by Gasteiger charge is -2.27. The molecule has 0 bridgehead atoms. The Morgan fingerprint density at radius 3 is 2.60 bits per heavy atom. The quantitative estimate of drug-likeness (QED) is 0.884. The molecule has 0 saturated carbocycles. The molecular weight excluding hydrogens is 327 g/mol. The maximum absolute atomic E-state index is 14.5. The number of hydrogen-bond acceptors (Lipinski definition) is 4. The maximum atomic E-state index is 14.5. The van der Waals surface area contributed by atoms with Gasteiger partial charge in [0.05, 0.1) is 14.2 Å². The Labute approximate surface area is 127 Å². The summed E-state index contributed by atoms with van der Waals surface area (Å²) < 4.78 is 25.4. The van der Waals surface area contributed by atoms with Gasteiger partial charge in [-0.25, -0.2) is 4.39 Å². The number of benzene rings is 1. The Morgan fingerprint density at radius 2 is 2.00 bits per heavy atom. The molecule has 0 spiro atoms. The van der Waals surface area contributed by atoms with Crippen LogP contribution in [-0.2, 0) is 6.42 Å². The lowest BCUT2D eigenvalue weighted by molar-refractivity contribution is 0.242. The molecule has 1 aromatic carbocycles. The van der Waals surface area contributed by atoms with Crippen molar-refractivity contribution in [1.29, 1.82) is 0 Å². The lowest BCUT2D eigenvalue weighted by Crippen LogP contribution is -2.44. The van der Waals surface area contributed by atoms with Crippen LogP contribution in [0, 0.1) is 5.82 Å². The Hall–Kier alpha value is -0.850. The number of methoxy groups -OCH3 is 2. The molecule has 1 heterocycles. The number of nitrogens with zero attached hydrogens (tertiary/aromatic N) is 1. The average Bonchev–Trinajstić information content (AvgIpc) is 2.47. The van der Waals surface area contributed by atoms with Crippen LogP contribution < -0.4 is 14.8 Å². The summed E-state index contributed by atoms with van der Waals surface area (Å²) in [5.41, 5.74) is 0.640. The first-order valence-electron chi connectivity index (χ1n) is 6.69. The summed E-state index contributed by atoms with van der Waals surface area (Å²) in [4.78, 5) is 2.33. The predicted octanol–water partition coefficient (Wildman–Crippen LogP) is 2.05. The summed E-state index contributed by atoms with van der Waals surface area (Å²) in [6.45, 7) is 4.84. The molecule has 1 N–H and O–H groups in total. The Bertz CT molecular complexity index is 465. The molecule has 20 heavy (non-hydrogen) atoms. The Kier molecular flexibility index (Phi) is 5.63. The molecule has 1 fully saturated rings. The van der Waals surface area contributed by atoms with Gasteiger partial charge in [0.15, 0.2) is 17.3 Å². The third kappa shape index (κ3) is 3.42. The van der Waals surface area contributed by atoms with Crippen LogP contribution in [0.1, 0.15) is 5.56 Å². The molecule has 0 aromatic heterocycles. The zero-order valence-corrected chi connectivity index (χ0v) is 13.4. The fourth-order valence-electron chi connectivity index (χ4n) is 2.39. The summed E-state index contributed by atoms with van der Waals surface area (Å²) >= 11 is 3.42.